The number of hydrogen-bond acceptors (Lipinski definition) is 4. The van der Waals surface area contributed by atoms with Gasteiger partial charge in [-0.1, -0.05) is 0 Å². The summed E-state index contributed by atoms with van der Waals surface area (Å²) in [7, 11) is 0. The topological polar surface area (TPSA) is 87.7 Å². The van der Waals surface area contributed by atoms with E-state index < -0.39 is 6.09 Å². The summed E-state index contributed by atoms with van der Waals surface area (Å²) in [4.78, 5) is 24.8. The molecule has 1 aromatic rings. The van der Waals surface area contributed by atoms with E-state index in [-0.39, 0.29) is 23.9 Å². The van der Waals surface area contributed by atoms with Crippen molar-refractivity contribution in [3.63, 3.8) is 0 Å². The Labute approximate surface area is 132 Å². The highest BCUT2D eigenvalue weighted by Crippen LogP contribution is 2.44. The van der Waals surface area contributed by atoms with Gasteiger partial charge >= 0.3 is 6.09 Å². The second kappa shape index (κ2) is 6.26. The zero-order chi connectivity index (χ0) is 15.7. The number of amides is 2. The molecule has 1 aromatic heterocycles. The Kier molecular flexibility index (Phi) is 4.35. The Morgan fingerprint density at radius 2 is 2.05 bits per heavy atom. The van der Waals surface area contributed by atoms with Crippen LogP contribution in [0.4, 0.5) is 4.79 Å². The minimum Gasteiger partial charge on any atom is -0.465 e. The molecule has 120 valence electrons. The maximum absolute atomic E-state index is 12.3. The number of carbonyl (C=O) groups is 2. The van der Waals surface area contributed by atoms with Crippen LogP contribution in [0.25, 0.3) is 0 Å². The summed E-state index contributed by atoms with van der Waals surface area (Å²) in [5.41, 5.74) is 1.10. The number of carbonyl (C=O) groups excluding carboxylic acids is 1. The summed E-state index contributed by atoms with van der Waals surface area (Å²) in [6.07, 6.45) is 1.54. The molecule has 0 spiro atoms. The molecule has 1 saturated heterocycles. The molecule has 1 saturated carbocycles. The van der Waals surface area contributed by atoms with E-state index in [0.717, 1.165) is 29.7 Å². The zero-order valence-electron chi connectivity index (χ0n) is 12.4. The van der Waals surface area contributed by atoms with Crippen LogP contribution in [-0.2, 0) is 4.74 Å². The molecule has 6 nitrogen and oxygen atoms in total. The fourth-order valence-corrected chi connectivity index (χ4v) is 3.93. The molecule has 2 unspecified atom stereocenters. The Hall–Kier alpha value is -1.60. The van der Waals surface area contributed by atoms with E-state index in [4.69, 9.17) is 9.84 Å². The van der Waals surface area contributed by atoms with Gasteiger partial charge in [0.2, 0.25) is 0 Å². The van der Waals surface area contributed by atoms with E-state index in [1.807, 2.05) is 13.0 Å². The number of rotatable bonds is 4. The van der Waals surface area contributed by atoms with Crippen LogP contribution in [0.5, 0.6) is 0 Å². The number of carboxylic acid groups (broad SMARTS) is 1. The quantitative estimate of drug-likeness (QED) is 0.791. The monoisotopic (exact) mass is 324 g/mol. The molecule has 22 heavy (non-hydrogen) atoms. The summed E-state index contributed by atoms with van der Waals surface area (Å²) < 4.78 is 5.29. The van der Waals surface area contributed by atoms with Crippen molar-refractivity contribution in [2.45, 2.75) is 44.2 Å². The average molecular weight is 324 g/mol. The van der Waals surface area contributed by atoms with Gasteiger partial charge in [0.05, 0.1) is 4.88 Å². The molecule has 2 atom stereocenters. The van der Waals surface area contributed by atoms with Gasteiger partial charge in [-0.05, 0) is 37.8 Å². The smallest absolute Gasteiger partial charge is 0.404 e. The Morgan fingerprint density at radius 3 is 2.73 bits per heavy atom. The molecule has 3 rings (SSSR count). The summed E-state index contributed by atoms with van der Waals surface area (Å²) in [6.45, 7) is 3.38. The normalized spacial score (nSPS) is 24.8. The minimum atomic E-state index is -0.988. The lowest BCUT2D eigenvalue weighted by Crippen LogP contribution is -2.38. The molecule has 1 aliphatic heterocycles. The second-order valence-electron chi connectivity index (χ2n) is 5.88. The molecule has 0 bridgehead atoms. The highest BCUT2D eigenvalue weighted by molar-refractivity contribution is 7.14. The number of ether oxygens (including phenoxy) is 1. The summed E-state index contributed by atoms with van der Waals surface area (Å²) in [6, 6.07) is 2.09. The molecular weight excluding hydrogens is 304 g/mol. The lowest BCUT2D eigenvalue weighted by atomic mass is 10.1. The Bertz CT molecular complexity index is 580. The molecule has 0 aromatic carbocycles. The molecule has 2 heterocycles. The van der Waals surface area contributed by atoms with Gasteiger partial charge in [-0.2, -0.15) is 0 Å². The van der Waals surface area contributed by atoms with Gasteiger partial charge in [0.25, 0.3) is 5.91 Å². The fraction of sp³-hybridized carbons (Fsp3) is 0.600. The Morgan fingerprint density at radius 1 is 1.32 bits per heavy atom. The summed E-state index contributed by atoms with van der Waals surface area (Å²) in [5, 5.41) is 14.3. The molecule has 7 heteroatoms. The highest BCUT2D eigenvalue weighted by Gasteiger charge is 2.41. The number of aryl methyl sites for hydroxylation is 1. The van der Waals surface area contributed by atoms with E-state index in [9.17, 15) is 9.59 Å². The third-order valence-electron chi connectivity index (χ3n) is 4.24. The first kappa shape index (κ1) is 15.3. The summed E-state index contributed by atoms with van der Waals surface area (Å²) >= 11 is 1.48. The lowest BCUT2D eigenvalue weighted by Gasteiger charge is -2.22. The first-order valence-electron chi connectivity index (χ1n) is 7.53. The van der Waals surface area contributed by atoms with Crippen molar-refractivity contribution < 1.29 is 19.4 Å². The Balaban J connectivity index is 1.62. The van der Waals surface area contributed by atoms with Crippen molar-refractivity contribution >= 4 is 23.3 Å². The maximum Gasteiger partial charge on any atom is 0.404 e. The molecule has 1 aliphatic carbocycles. The fourth-order valence-electron chi connectivity index (χ4n) is 2.93. The SMILES string of the molecule is Cc1sc(C(=O)NC2CCOCC2)cc1C1CC1NC(=O)O. The van der Waals surface area contributed by atoms with Gasteiger partial charge in [-0.25, -0.2) is 4.79 Å². The highest BCUT2D eigenvalue weighted by atomic mass is 32.1. The van der Waals surface area contributed by atoms with Crippen LogP contribution in [0, 0.1) is 6.92 Å². The van der Waals surface area contributed by atoms with Crippen LogP contribution in [0.3, 0.4) is 0 Å². The van der Waals surface area contributed by atoms with Crippen LogP contribution in [0.1, 0.15) is 45.3 Å². The molecule has 2 aliphatic rings. The number of nitrogens with one attached hydrogen (secondary N) is 2. The number of thiophene rings is 1. The van der Waals surface area contributed by atoms with Crippen molar-refractivity contribution in [1.82, 2.24) is 10.6 Å². The molecule has 2 fully saturated rings. The first-order valence-corrected chi connectivity index (χ1v) is 8.34. The van der Waals surface area contributed by atoms with Gasteiger partial charge in [0.15, 0.2) is 0 Å². The predicted molar refractivity (Wildman–Crippen MR) is 82.7 cm³/mol. The first-order chi connectivity index (χ1) is 10.5. The average Bonchev–Trinajstić information content (AvgIpc) is 3.10. The van der Waals surface area contributed by atoms with Gasteiger partial charge < -0.3 is 20.5 Å². The van der Waals surface area contributed by atoms with Crippen LogP contribution in [-0.4, -0.2) is 42.4 Å². The largest absolute Gasteiger partial charge is 0.465 e. The van der Waals surface area contributed by atoms with Crippen molar-refractivity contribution in [3.8, 4) is 0 Å². The van der Waals surface area contributed by atoms with E-state index >= 15 is 0 Å². The molecule has 0 radical (unpaired) electrons. The van der Waals surface area contributed by atoms with E-state index in [1.54, 1.807) is 0 Å². The minimum absolute atomic E-state index is 0.0165. The van der Waals surface area contributed by atoms with E-state index in [1.165, 1.54) is 11.3 Å². The second-order valence-corrected chi connectivity index (χ2v) is 7.14. The third kappa shape index (κ3) is 3.41. The third-order valence-corrected chi connectivity index (χ3v) is 5.30. The van der Waals surface area contributed by atoms with Crippen molar-refractivity contribution in [2.75, 3.05) is 13.2 Å². The maximum atomic E-state index is 12.3. The van der Waals surface area contributed by atoms with Gasteiger partial charge in [0.1, 0.15) is 0 Å². The zero-order valence-corrected chi connectivity index (χ0v) is 13.2. The molecule has 3 N–H and O–H groups in total. The van der Waals surface area contributed by atoms with Crippen LogP contribution < -0.4 is 10.6 Å². The summed E-state index contributed by atoms with van der Waals surface area (Å²) in [5.74, 6) is 0.173. The van der Waals surface area contributed by atoms with Crippen molar-refractivity contribution in [1.29, 1.82) is 0 Å². The van der Waals surface area contributed by atoms with Crippen LogP contribution >= 0.6 is 11.3 Å². The van der Waals surface area contributed by atoms with Gasteiger partial charge in [-0.15, -0.1) is 11.3 Å². The van der Waals surface area contributed by atoms with Crippen LogP contribution in [0.2, 0.25) is 0 Å². The van der Waals surface area contributed by atoms with E-state index in [2.05, 4.69) is 10.6 Å². The molecule has 2 amide bonds. The predicted octanol–water partition coefficient (Wildman–Crippen LogP) is 2.09. The van der Waals surface area contributed by atoms with Crippen LogP contribution in [0.15, 0.2) is 6.07 Å². The standard InChI is InChI=1S/C15H20N2O4S/c1-8-10(11-6-12(11)17-15(19)20)7-13(22-8)14(18)16-9-2-4-21-5-3-9/h7,9,11-12,17H,2-6H2,1H3,(H,16,18)(H,19,20). The number of hydrogen-bond donors (Lipinski definition) is 3. The lowest BCUT2D eigenvalue weighted by molar-refractivity contribution is 0.0698. The van der Waals surface area contributed by atoms with Gasteiger partial charge in [-0.3, -0.25) is 4.79 Å². The molecular formula is C15H20N2O4S. The van der Waals surface area contributed by atoms with Crippen molar-refractivity contribution in [2.24, 2.45) is 0 Å². The van der Waals surface area contributed by atoms with Crippen molar-refractivity contribution in [3.05, 3.63) is 21.4 Å². The van der Waals surface area contributed by atoms with Gasteiger partial charge in [0, 0.05) is 36.1 Å². The van der Waals surface area contributed by atoms with E-state index in [0.29, 0.717) is 18.1 Å².